The molecule has 1 aromatic rings. The molecule has 0 radical (unpaired) electrons. The molecule has 0 atom stereocenters. The quantitative estimate of drug-likeness (QED) is 0.689. The Bertz CT molecular complexity index is 835. The van der Waals surface area contributed by atoms with Crippen LogP contribution in [-0.4, -0.2) is 61.6 Å². The predicted octanol–water partition coefficient (Wildman–Crippen LogP) is -0.146. The maximum atomic E-state index is 13.6. The summed E-state index contributed by atoms with van der Waals surface area (Å²) in [6, 6.07) is 4.68. The fraction of sp³-hybridized carbons (Fsp3) is 0.438. The van der Waals surface area contributed by atoms with Crippen LogP contribution in [0.1, 0.15) is 19.3 Å². The van der Waals surface area contributed by atoms with Crippen molar-refractivity contribution in [1.29, 1.82) is 0 Å². The van der Waals surface area contributed by atoms with Gasteiger partial charge in [0, 0.05) is 38.9 Å². The van der Waals surface area contributed by atoms with E-state index >= 15 is 0 Å². The van der Waals surface area contributed by atoms with Gasteiger partial charge >= 0.3 is 0 Å². The zero-order valence-corrected chi connectivity index (χ0v) is 14.7. The molecule has 1 aromatic carbocycles. The molecule has 0 unspecified atom stereocenters. The van der Waals surface area contributed by atoms with Gasteiger partial charge in [-0.05, 0) is 12.1 Å². The van der Waals surface area contributed by atoms with Crippen molar-refractivity contribution in [3.63, 3.8) is 0 Å². The van der Waals surface area contributed by atoms with Gasteiger partial charge < -0.3 is 4.90 Å². The number of imide groups is 1. The lowest BCUT2D eigenvalue weighted by Gasteiger charge is -2.43. The van der Waals surface area contributed by atoms with E-state index in [1.165, 1.54) is 21.9 Å². The number of amides is 3. The van der Waals surface area contributed by atoms with Crippen molar-refractivity contribution < 1.29 is 27.2 Å². The standard InChI is InChI=1S/C16H18FN3O5S/c17-12-3-1-2-4-13(12)26(24,25)18-8-7-14(21)19-9-11(10-19)20-15(22)5-6-16(20)23/h1-4,11,18H,5-10H2. The Morgan fingerprint density at radius 1 is 1.15 bits per heavy atom. The number of nitrogens with one attached hydrogen (secondary N) is 1. The van der Waals surface area contributed by atoms with Crippen LogP contribution in [0.4, 0.5) is 4.39 Å². The van der Waals surface area contributed by atoms with Crippen molar-refractivity contribution in [2.75, 3.05) is 19.6 Å². The van der Waals surface area contributed by atoms with Crippen LogP contribution in [0.5, 0.6) is 0 Å². The fourth-order valence-electron chi connectivity index (χ4n) is 3.01. The van der Waals surface area contributed by atoms with Crippen LogP contribution in [0.2, 0.25) is 0 Å². The monoisotopic (exact) mass is 383 g/mol. The average Bonchev–Trinajstić information content (AvgIpc) is 2.86. The third kappa shape index (κ3) is 3.61. The molecule has 3 rings (SSSR count). The first-order valence-electron chi connectivity index (χ1n) is 8.16. The van der Waals surface area contributed by atoms with E-state index in [1.807, 2.05) is 0 Å². The van der Waals surface area contributed by atoms with E-state index in [2.05, 4.69) is 4.72 Å². The molecule has 2 fully saturated rings. The Kier molecular flexibility index (Phi) is 5.05. The molecule has 3 amide bonds. The number of halogens is 1. The molecule has 0 aliphatic carbocycles. The molecule has 8 nitrogen and oxygen atoms in total. The topological polar surface area (TPSA) is 104 Å². The Morgan fingerprint density at radius 2 is 1.77 bits per heavy atom. The van der Waals surface area contributed by atoms with E-state index in [-0.39, 0.29) is 62.7 Å². The SMILES string of the molecule is O=C(CCNS(=O)(=O)c1ccccc1F)N1CC(N2C(=O)CCC2=O)C1. The molecule has 1 N–H and O–H groups in total. The number of carbonyl (C=O) groups is 3. The maximum absolute atomic E-state index is 13.6. The number of rotatable bonds is 6. The van der Waals surface area contributed by atoms with Gasteiger partial charge in [-0.1, -0.05) is 12.1 Å². The molecule has 0 bridgehead atoms. The Hall–Kier alpha value is -2.33. The highest BCUT2D eigenvalue weighted by Crippen LogP contribution is 2.22. The Balaban J connectivity index is 1.46. The zero-order valence-electron chi connectivity index (χ0n) is 13.9. The van der Waals surface area contributed by atoms with E-state index in [4.69, 9.17) is 0 Å². The zero-order chi connectivity index (χ0) is 18.9. The molecule has 140 valence electrons. The second kappa shape index (κ2) is 7.12. The second-order valence-electron chi connectivity index (χ2n) is 6.19. The highest BCUT2D eigenvalue weighted by molar-refractivity contribution is 7.89. The van der Waals surface area contributed by atoms with Gasteiger partial charge in [-0.3, -0.25) is 19.3 Å². The second-order valence-corrected chi connectivity index (χ2v) is 7.92. The fourth-order valence-corrected chi connectivity index (χ4v) is 4.12. The summed E-state index contributed by atoms with van der Waals surface area (Å²) in [5.74, 6) is -1.59. The Labute approximate surface area is 150 Å². The highest BCUT2D eigenvalue weighted by atomic mass is 32.2. The third-order valence-electron chi connectivity index (χ3n) is 4.43. The van der Waals surface area contributed by atoms with Crippen molar-refractivity contribution in [3.8, 4) is 0 Å². The summed E-state index contributed by atoms with van der Waals surface area (Å²) in [5, 5.41) is 0. The van der Waals surface area contributed by atoms with Crippen molar-refractivity contribution in [1.82, 2.24) is 14.5 Å². The Morgan fingerprint density at radius 3 is 2.38 bits per heavy atom. The van der Waals surface area contributed by atoms with E-state index in [9.17, 15) is 27.2 Å². The minimum Gasteiger partial charge on any atom is -0.338 e. The van der Waals surface area contributed by atoms with Gasteiger partial charge in [0.1, 0.15) is 10.7 Å². The van der Waals surface area contributed by atoms with Crippen LogP contribution in [0.25, 0.3) is 0 Å². The van der Waals surface area contributed by atoms with Crippen LogP contribution in [0.3, 0.4) is 0 Å². The molecule has 2 heterocycles. The number of hydrogen-bond acceptors (Lipinski definition) is 5. The molecular formula is C16H18FN3O5S. The lowest BCUT2D eigenvalue weighted by molar-refractivity contribution is -0.151. The van der Waals surface area contributed by atoms with Crippen molar-refractivity contribution in [2.45, 2.75) is 30.2 Å². The molecule has 0 saturated carbocycles. The first-order chi connectivity index (χ1) is 12.3. The van der Waals surface area contributed by atoms with Gasteiger partial charge in [-0.15, -0.1) is 0 Å². The normalized spacial score (nSPS) is 18.3. The van der Waals surface area contributed by atoms with E-state index in [1.54, 1.807) is 0 Å². The summed E-state index contributed by atoms with van der Waals surface area (Å²) >= 11 is 0. The summed E-state index contributed by atoms with van der Waals surface area (Å²) in [5.41, 5.74) is 0. The molecule has 2 aliphatic rings. The number of sulfonamides is 1. The van der Waals surface area contributed by atoms with E-state index in [0.29, 0.717) is 0 Å². The summed E-state index contributed by atoms with van der Waals surface area (Å²) in [7, 11) is -4.03. The molecular weight excluding hydrogens is 365 g/mol. The average molecular weight is 383 g/mol. The van der Waals surface area contributed by atoms with Gasteiger partial charge in [-0.2, -0.15) is 0 Å². The first kappa shape index (κ1) is 18.5. The van der Waals surface area contributed by atoms with Crippen LogP contribution in [-0.2, 0) is 24.4 Å². The largest absolute Gasteiger partial charge is 0.338 e. The van der Waals surface area contributed by atoms with E-state index in [0.717, 1.165) is 12.1 Å². The van der Waals surface area contributed by atoms with Gasteiger partial charge in [0.15, 0.2) is 0 Å². The minimum atomic E-state index is -4.03. The van der Waals surface area contributed by atoms with E-state index < -0.39 is 20.7 Å². The summed E-state index contributed by atoms with van der Waals surface area (Å²) < 4.78 is 39.8. The highest BCUT2D eigenvalue weighted by Gasteiger charge is 2.42. The lowest BCUT2D eigenvalue weighted by atomic mass is 10.1. The van der Waals surface area contributed by atoms with Crippen LogP contribution >= 0.6 is 0 Å². The third-order valence-corrected chi connectivity index (χ3v) is 5.92. The number of nitrogens with zero attached hydrogens (tertiary/aromatic N) is 2. The molecule has 0 aromatic heterocycles. The maximum Gasteiger partial charge on any atom is 0.243 e. The van der Waals surface area contributed by atoms with Crippen LogP contribution < -0.4 is 4.72 Å². The van der Waals surface area contributed by atoms with Crippen molar-refractivity contribution in [2.24, 2.45) is 0 Å². The van der Waals surface area contributed by atoms with Crippen molar-refractivity contribution in [3.05, 3.63) is 30.1 Å². The summed E-state index contributed by atoms with van der Waals surface area (Å²) in [4.78, 5) is 37.5. The molecule has 26 heavy (non-hydrogen) atoms. The molecule has 0 spiro atoms. The van der Waals surface area contributed by atoms with Crippen LogP contribution in [0, 0.1) is 5.82 Å². The lowest BCUT2D eigenvalue weighted by Crippen LogP contribution is -2.62. The predicted molar refractivity (Wildman–Crippen MR) is 87.7 cm³/mol. The molecule has 2 aliphatic heterocycles. The van der Waals surface area contributed by atoms with Gasteiger partial charge in [0.25, 0.3) is 0 Å². The first-order valence-corrected chi connectivity index (χ1v) is 9.65. The smallest absolute Gasteiger partial charge is 0.243 e. The number of benzene rings is 1. The van der Waals surface area contributed by atoms with Crippen LogP contribution in [0.15, 0.2) is 29.2 Å². The summed E-state index contributed by atoms with van der Waals surface area (Å²) in [6.07, 6.45) is 0.324. The molecule has 10 heteroatoms. The van der Waals surface area contributed by atoms with Gasteiger partial charge in [0.05, 0.1) is 6.04 Å². The number of likely N-dealkylation sites (tertiary alicyclic amines) is 2. The van der Waals surface area contributed by atoms with Gasteiger partial charge in [0.2, 0.25) is 27.7 Å². The van der Waals surface area contributed by atoms with Crippen molar-refractivity contribution >= 4 is 27.7 Å². The number of carbonyl (C=O) groups excluding carboxylic acids is 3. The number of hydrogen-bond donors (Lipinski definition) is 1. The minimum absolute atomic E-state index is 0.0949. The van der Waals surface area contributed by atoms with Gasteiger partial charge in [-0.25, -0.2) is 17.5 Å². The summed E-state index contributed by atoms with van der Waals surface area (Å²) in [6.45, 7) is 0.352. The molecule has 2 saturated heterocycles.